The number of hydrogen-bond acceptors (Lipinski definition) is 5. The molecular formula is C15H23N3O3. The molecule has 0 aromatic heterocycles. The SMILES string of the molecule is CCCOc1cccc(N2CCCC(NC)C2)c1[N+](=O)[O-]. The van der Waals surface area contributed by atoms with E-state index in [4.69, 9.17) is 4.74 Å². The van der Waals surface area contributed by atoms with E-state index in [0.717, 1.165) is 32.4 Å². The molecule has 2 rings (SSSR count). The van der Waals surface area contributed by atoms with Gasteiger partial charge in [0.1, 0.15) is 5.69 Å². The molecular weight excluding hydrogens is 270 g/mol. The Morgan fingerprint density at radius 1 is 1.52 bits per heavy atom. The summed E-state index contributed by atoms with van der Waals surface area (Å²) in [7, 11) is 1.93. The molecule has 116 valence electrons. The van der Waals surface area contributed by atoms with Gasteiger partial charge in [-0.1, -0.05) is 13.0 Å². The summed E-state index contributed by atoms with van der Waals surface area (Å²) in [4.78, 5) is 13.2. The number of nitro benzene ring substituents is 1. The molecule has 0 amide bonds. The van der Waals surface area contributed by atoms with Crippen LogP contribution in [0.1, 0.15) is 26.2 Å². The first-order chi connectivity index (χ1) is 10.2. The molecule has 1 fully saturated rings. The summed E-state index contributed by atoms with van der Waals surface area (Å²) in [6, 6.07) is 5.70. The molecule has 1 unspecified atom stereocenters. The number of piperidine rings is 1. The first-order valence-corrected chi connectivity index (χ1v) is 7.49. The normalized spacial score (nSPS) is 18.6. The van der Waals surface area contributed by atoms with Crippen LogP contribution in [0.5, 0.6) is 5.75 Å². The topological polar surface area (TPSA) is 67.6 Å². The molecule has 1 saturated heterocycles. The highest BCUT2D eigenvalue weighted by Crippen LogP contribution is 2.38. The molecule has 21 heavy (non-hydrogen) atoms. The van der Waals surface area contributed by atoms with Crippen LogP contribution in [-0.4, -0.2) is 37.7 Å². The Bertz CT molecular complexity index is 493. The second-order valence-corrected chi connectivity index (χ2v) is 5.30. The predicted octanol–water partition coefficient (Wildman–Crippen LogP) is 2.57. The summed E-state index contributed by atoms with van der Waals surface area (Å²) in [6.45, 7) is 4.10. The molecule has 0 bridgehead atoms. The van der Waals surface area contributed by atoms with E-state index >= 15 is 0 Å². The van der Waals surface area contributed by atoms with Crippen molar-refractivity contribution in [1.82, 2.24) is 5.32 Å². The monoisotopic (exact) mass is 293 g/mol. The first kappa shape index (κ1) is 15.6. The Morgan fingerprint density at radius 3 is 3.00 bits per heavy atom. The first-order valence-electron chi connectivity index (χ1n) is 7.49. The molecule has 0 spiro atoms. The van der Waals surface area contributed by atoms with Gasteiger partial charge in [0.25, 0.3) is 0 Å². The van der Waals surface area contributed by atoms with Gasteiger partial charge in [-0.25, -0.2) is 0 Å². The highest BCUT2D eigenvalue weighted by molar-refractivity contribution is 5.70. The van der Waals surface area contributed by atoms with E-state index in [2.05, 4.69) is 10.2 Å². The van der Waals surface area contributed by atoms with Crippen LogP contribution in [0.15, 0.2) is 18.2 Å². The number of ether oxygens (including phenoxy) is 1. The van der Waals surface area contributed by atoms with Crippen LogP contribution in [-0.2, 0) is 0 Å². The molecule has 0 aliphatic carbocycles. The fourth-order valence-corrected chi connectivity index (χ4v) is 2.71. The minimum atomic E-state index is -0.330. The molecule has 1 N–H and O–H groups in total. The van der Waals surface area contributed by atoms with Crippen molar-refractivity contribution in [2.45, 2.75) is 32.2 Å². The molecule has 6 heteroatoms. The molecule has 1 aliphatic heterocycles. The number of anilines is 1. The molecule has 1 aromatic rings. The van der Waals surface area contributed by atoms with E-state index < -0.39 is 0 Å². The fourth-order valence-electron chi connectivity index (χ4n) is 2.71. The lowest BCUT2D eigenvalue weighted by molar-refractivity contribution is -0.385. The number of hydrogen-bond donors (Lipinski definition) is 1. The Kier molecular flexibility index (Phi) is 5.38. The van der Waals surface area contributed by atoms with Crippen LogP contribution in [0.25, 0.3) is 0 Å². The zero-order valence-corrected chi connectivity index (χ0v) is 12.7. The van der Waals surface area contributed by atoms with E-state index in [1.165, 1.54) is 0 Å². The van der Waals surface area contributed by atoms with Crippen LogP contribution in [0, 0.1) is 10.1 Å². The lowest BCUT2D eigenvalue weighted by atomic mass is 10.0. The zero-order valence-electron chi connectivity index (χ0n) is 12.7. The average Bonchev–Trinajstić information content (AvgIpc) is 2.52. The van der Waals surface area contributed by atoms with Gasteiger partial charge in [0.05, 0.1) is 11.5 Å². The fraction of sp³-hybridized carbons (Fsp3) is 0.600. The molecule has 0 saturated carbocycles. The Labute approximate surface area is 125 Å². The maximum Gasteiger partial charge on any atom is 0.333 e. The highest BCUT2D eigenvalue weighted by atomic mass is 16.6. The van der Waals surface area contributed by atoms with E-state index in [-0.39, 0.29) is 10.6 Å². The van der Waals surface area contributed by atoms with Gasteiger partial charge in [-0.3, -0.25) is 10.1 Å². The third-order valence-electron chi connectivity index (χ3n) is 3.79. The van der Waals surface area contributed by atoms with Gasteiger partial charge in [0.2, 0.25) is 0 Å². The Morgan fingerprint density at radius 2 is 2.33 bits per heavy atom. The largest absolute Gasteiger partial charge is 0.487 e. The number of rotatable bonds is 6. The number of likely N-dealkylation sites (N-methyl/N-ethyl adjacent to an activating group) is 1. The maximum atomic E-state index is 11.5. The maximum absolute atomic E-state index is 11.5. The number of para-hydroxylation sites is 1. The summed E-state index contributed by atoms with van der Waals surface area (Å²) in [5.41, 5.74) is 0.747. The number of nitro groups is 1. The minimum Gasteiger partial charge on any atom is -0.487 e. The predicted molar refractivity (Wildman–Crippen MR) is 83.2 cm³/mol. The summed E-state index contributed by atoms with van der Waals surface area (Å²) < 4.78 is 5.55. The van der Waals surface area contributed by atoms with E-state index in [1.54, 1.807) is 6.07 Å². The lowest BCUT2D eigenvalue weighted by Gasteiger charge is -2.34. The Balaban J connectivity index is 2.31. The van der Waals surface area contributed by atoms with Crippen molar-refractivity contribution in [2.24, 2.45) is 0 Å². The summed E-state index contributed by atoms with van der Waals surface area (Å²) in [6.07, 6.45) is 2.96. The second-order valence-electron chi connectivity index (χ2n) is 5.30. The smallest absolute Gasteiger partial charge is 0.333 e. The summed E-state index contributed by atoms with van der Waals surface area (Å²) in [5.74, 6) is 0.367. The summed E-state index contributed by atoms with van der Waals surface area (Å²) in [5, 5.41) is 14.7. The van der Waals surface area contributed by atoms with Crippen LogP contribution in [0.3, 0.4) is 0 Å². The van der Waals surface area contributed by atoms with Crippen LogP contribution in [0.2, 0.25) is 0 Å². The van der Waals surface area contributed by atoms with Crippen molar-refractivity contribution < 1.29 is 9.66 Å². The number of nitrogens with zero attached hydrogens (tertiary/aromatic N) is 2. The van der Waals surface area contributed by atoms with Gasteiger partial charge in [0, 0.05) is 19.1 Å². The van der Waals surface area contributed by atoms with Gasteiger partial charge in [-0.05, 0) is 38.4 Å². The molecule has 1 atom stereocenters. The van der Waals surface area contributed by atoms with Crippen LogP contribution >= 0.6 is 0 Å². The zero-order chi connectivity index (χ0) is 15.2. The molecule has 1 aromatic carbocycles. The van der Waals surface area contributed by atoms with Gasteiger partial charge in [-0.15, -0.1) is 0 Å². The molecule has 0 radical (unpaired) electrons. The van der Waals surface area contributed by atoms with Crippen molar-refractivity contribution in [3.8, 4) is 5.75 Å². The number of nitrogens with one attached hydrogen (secondary N) is 1. The van der Waals surface area contributed by atoms with E-state index in [1.807, 2.05) is 26.1 Å². The summed E-state index contributed by atoms with van der Waals surface area (Å²) >= 11 is 0. The highest BCUT2D eigenvalue weighted by Gasteiger charge is 2.28. The third kappa shape index (κ3) is 3.64. The van der Waals surface area contributed by atoms with Crippen molar-refractivity contribution in [3.05, 3.63) is 28.3 Å². The van der Waals surface area contributed by atoms with Crippen molar-refractivity contribution >= 4 is 11.4 Å². The van der Waals surface area contributed by atoms with Gasteiger partial charge >= 0.3 is 5.69 Å². The van der Waals surface area contributed by atoms with Gasteiger partial charge in [-0.2, -0.15) is 0 Å². The second kappa shape index (κ2) is 7.26. The van der Waals surface area contributed by atoms with Crippen molar-refractivity contribution in [1.29, 1.82) is 0 Å². The molecule has 1 heterocycles. The van der Waals surface area contributed by atoms with Crippen molar-refractivity contribution in [2.75, 3.05) is 31.6 Å². The van der Waals surface area contributed by atoms with Crippen LogP contribution < -0.4 is 15.0 Å². The standard InChI is InChI=1S/C15H23N3O3/c1-3-10-21-14-8-4-7-13(15(14)18(19)20)17-9-5-6-12(11-17)16-2/h4,7-8,12,16H,3,5-6,9-11H2,1-2H3. The van der Waals surface area contributed by atoms with E-state index in [0.29, 0.717) is 24.1 Å². The average molecular weight is 293 g/mol. The van der Waals surface area contributed by atoms with Crippen molar-refractivity contribution in [3.63, 3.8) is 0 Å². The quantitative estimate of drug-likeness (QED) is 0.645. The molecule has 1 aliphatic rings. The van der Waals surface area contributed by atoms with Crippen LogP contribution in [0.4, 0.5) is 11.4 Å². The van der Waals surface area contributed by atoms with Gasteiger partial charge < -0.3 is 15.0 Å². The minimum absolute atomic E-state index is 0.0858. The third-order valence-corrected chi connectivity index (χ3v) is 3.79. The Hall–Kier alpha value is -1.82. The molecule has 6 nitrogen and oxygen atoms in total. The lowest BCUT2D eigenvalue weighted by Crippen LogP contribution is -2.44. The van der Waals surface area contributed by atoms with E-state index in [9.17, 15) is 10.1 Å². The van der Waals surface area contributed by atoms with Gasteiger partial charge in [0.15, 0.2) is 5.75 Å². The number of benzene rings is 1.